The van der Waals surface area contributed by atoms with Gasteiger partial charge in [-0.1, -0.05) is 6.07 Å². The van der Waals surface area contributed by atoms with Crippen LogP contribution in [-0.4, -0.2) is 54.5 Å². The number of carbonyl (C=O) groups is 2. The van der Waals surface area contributed by atoms with Crippen molar-refractivity contribution in [2.45, 2.75) is 13.5 Å². The van der Waals surface area contributed by atoms with Crippen molar-refractivity contribution < 1.29 is 19.1 Å². The Bertz CT molecular complexity index is 565. The zero-order valence-electron chi connectivity index (χ0n) is 12.0. The Hall–Kier alpha value is -2.08. The monoisotopic (exact) mass is 290 g/mol. The number of nitrogens with zero attached hydrogens (tertiary/aromatic N) is 2. The van der Waals surface area contributed by atoms with Gasteiger partial charge in [0.1, 0.15) is 0 Å². The second kappa shape index (κ2) is 5.73. The molecule has 0 radical (unpaired) electrons. The van der Waals surface area contributed by atoms with Crippen LogP contribution in [0.5, 0.6) is 11.5 Å². The van der Waals surface area contributed by atoms with Gasteiger partial charge in [-0.25, -0.2) is 0 Å². The molecular weight excluding hydrogens is 272 g/mol. The predicted molar refractivity (Wildman–Crippen MR) is 75.1 cm³/mol. The summed E-state index contributed by atoms with van der Waals surface area (Å²) >= 11 is 0. The van der Waals surface area contributed by atoms with Crippen molar-refractivity contribution >= 4 is 11.7 Å². The van der Waals surface area contributed by atoms with Gasteiger partial charge in [0.15, 0.2) is 11.5 Å². The van der Waals surface area contributed by atoms with Gasteiger partial charge in [0.25, 0.3) is 5.91 Å². The van der Waals surface area contributed by atoms with Crippen LogP contribution in [0, 0.1) is 0 Å². The number of amides is 1. The number of piperazine rings is 1. The van der Waals surface area contributed by atoms with Crippen molar-refractivity contribution in [1.82, 2.24) is 9.80 Å². The molecule has 0 N–H and O–H groups in total. The van der Waals surface area contributed by atoms with Crippen molar-refractivity contribution in [3.63, 3.8) is 0 Å². The first-order valence-electron chi connectivity index (χ1n) is 7.04. The SMILES string of the molecule is CC(=O)C(=O)N1CCN(Cc2ccc3c(c2)OCO3)CC1. The fourth-order valence-electron chi connectivity index (χ4n) is 2.63. The highest BCUT2D eigenvalue weighted by Crippen LogP contribution is 2.32. The minimum Gasteiger partial charge on any atom is -0.454 e. The summed E-state index contributed by atoms with van der Waals surface area (Å²) in [5.41, 5.74) is 1.16. The largest absolute Gasteiger partial charge is 0.454 e. The number of hydrogen-bond donors (Lipinski definition) is 0. The van der Waals surface area contributed by atoms with Crippen molar-refractivity contribution in [2.24, 2.45) is 0 Å². The minimum absolute atomic E-state index is 0.282. The summed E-state index contributed by atoms with van der Waals surface area (Å²) in [6, 6.07) is 5.95. The van der Waals surface area contributed by atoms with Crippen LogP contribution in [-0.2, 0) is 16.1 Å². The lowest BCUT2D eigenvalue weighted by atomic mass is 10.1. The number of carbonyl (C=O) groups excluding carboxylic acids is 2. The van der Waals surface area contributed by atoms with Gasteiger partial charge in [-0.2, -0.15) is 0 Å². The first-order valence-corrected chi connectivity index (χ1v) is 7.04. The lowest BCUT2D eigenvalue weighted by Crippen LogP contribution is -2.49. The quantitative estimate of drug-likeness (QED) is 0.765. The Morgan fingerprint density at radius 1 is 1.10 bits per heavy atom. The molecule has 6 heteroatoms. The first kappa shape index (κ1) is 13.9. The van der Waals surface area contributed by atoms with Crippen LogP contribution in [0.25, 0.3) is 0 Å². The lowest BCUT2D eigenvalue weighted by molar-refractivity contribution is -0.144. The molecule has 1 saturated heterocycles. The van der Waals surface area contributed by atoms with E-state index in [1.807, 2.05) is 18.2 Å². The summed E-state index contributed by atoms with van der Waals surface area (Å²) in [7, 11) is 0. The molecule has 1 aromatic rings. The van der Waals surface area contributed by atoms with Gasteiger partial charge in [0.2, 0.25) is 12.6 Å². The van der Waals surface area contributed by atoms with Crippen molar-refractivity contribution in [3.05, 3.63) is 23.8 Å². The number of rotatable bonds is 3. The van der Waals surface area contributed by atoms with Gasteiger partial charge >= 0.3 is 0 Å². The molecule has 1 fully saturated rings. The Labute approximate surface area is 123 Å². The summed E-state index contributed by atoms with van der Waals surface area (Å²) in [5.74, 6) is 0.811. The molecule has 2 aliphatic rings. The Morgan fingerprint density at radius 3 is 2.52 bits per heavy atom. The third kappa shape index (κ3) is 3.00. The Kier molecular flexibility index (Phi) is 3.79. The van der Waals surface area contributed by atoms with Crippen LogP contribution < -0.4 is 9.47 Å². The molecule has 1 aromatic carbocycles. The molecule has 0 unspecified atom stereocenters. The van der Waals surface area contributed by atoms with Gasteiger partial charge in [-0.3, -0.25) is 14.5 Å². The van der Waals surface area contributed by atoms with Crippen LogP contribution >= 0.6 is 0 Å². The van der Waals surface area contributed by atoms with E-state index in [-0.39, 0.29) is 18.5 Å². The number of hydrogen-bond acceptors (Lipinski definition) is 5. The van der Waals surface area contributed by atoms with Crippen LogP contribution in [0.4, 0.5) is 0 Å². The summed E-state index contributed by atoms with van der Waals surface area (Å²) < 4.78 is 10.7. The highest BCUT2D eigenvalue weighted by atomic mass is 16.7. The molecule has 0 atom stereocenters. The number of benzene rings is 1. The third-order valence-corrected chi connectivity index (χ3v) is 3.80. The third-order valence-electron chi connectivity index (χ3n) is 3.80. The van der Waals surface area contributed by atoms with Gasteiger partial charge in [0, 0.05) is 39.6 Å². The van der Waals surface area contributed by atoms with Gasteiger partial charge < -0.3 is 14.4 Å². The van der Waals surface area contributed by atoms with E-state index in [0.29, 0.717) is 13.1 Å². The molecule has 0 spiro atoms. The van der Waals surface area contributed by atoms with Crippen LogP contribution in [0.15, 0.2) is 18.2 Å². The van der Waals surface area contributed by atoms with Crippen molar-refractivity contribution in [2.75, 3.05) is 33.0 Å². The number of Topliss-reactive ketones (excluding diaryl/α,β-unsaturated/α-hetero) is 1. The number of ether oxygens (including phenoxy) is 2. The first-order chi connectivity index (χ1) is 10.1. The van der Waals surface area contributed by atoms with E-state index in [2.05, 4.69) is 4.90 Å². The van der Waals surface area contributed by atoms with Crippen LogP contribution in [0.1, 0.15) is 12.5 Å². The number of ketones is 1. The zero-order valence-corrected chi connectivity index (χ0v) is 12.0. The molecule has 2 aliphatic heterocycles. The maximum Gasteiger partial charge on any atom is 0.289 e. The second-order valence-corrected chi connectivity index (χ2v) is 5.31. The van der Waals surface area contributed by atoms with E-state index in [1.54, 1.807) is 4.90 Å². The van der Waals surface area contributed by atoms with E-state index in [1.165, 1.54) is 6.92 Å². The molecule has 2 heterocycles. The van der Waals surface area contributed by atoms with Gasteiger partial charge in [-0.15, -0.1) is 0 Å². The molecule has 3 rings (SSSR count). The zero-order chi connectivity index (χ0) is 14.8. The van der Waals surface area contributed by atoms with Gasteiger partial charge in [-0.05, 0) is 17.7 Å². The molecular formula is C15H18N2O4. The fraction of sp³-hybridized carbons (Fsp3) is 0.467. The van der Waals surface area contributed by atoms with Crippen LogP contribution in [0.3, 0.4) is 0 Å². The maximum atomic E-state index is 11.6. The Balaban J connectivity index is 1.56. The predicted octanol–water partition coefficient (Wildman–Crippen LogP) is 0.648. The molecule has 0 aromatic heterocycles. The van der Waals surface area contributed by atoms with Crippen molar-refractivity contribution in [1.29, 1.82) is 0 Å². The van der Waals surface area contributed by atoms with Crippen molar-refractivity contribution in [3.8, 4) is 11.5 Å². The smallest absolute Gasteiger partial charge is 0.289 e. The molecule has 1 amide bonds. The van der Waals surface area contributed by atoms with E-state index in [4.69, 9.17) is 9.47 Å². The average Bonchev–Trinajstić information content (AvgIpc) is 2.95. The summed E-state index contributed by atoms with van der Waals surface area (Å²) in [6.07, 6.45) is 0. The molecule has 0 saturated carbocycles. The Morgan fingerprint density at radius 2 is 1.81 bits per heavy atom. The lowest BCUT2D eigenvalue weighted by Gasteiger charge is -2.34. The highest BCUT2D eigenvalue weighted by Gasteiger charge is 2.23. The summed E-state index contributed by atoms with van der Waals surface area (Å²) in [6.45, 7) is 5.15. The summed E-state index contributed by atoms with van der Waals surface area (Å²) in [5, 5.41) is 0. The summed E-state index contributed by atoms with van der Waals surface area (Å²) in [4.78, 5) is 26.6. The van der Waals surface area contributed by atoms with Gasteiger partial charge in [0.05, 0.1) is 0 Å². The van der Waals surface area contributed by atoms with E-state index in [9.17, 15) is 9.59 Å². The van der Waals surface area contributed by atoms with E-state index in [0.717, 1.165) is 36.7 Å². The molecule has 112 valence electrons. The molecule has 21 heavy (non-hydrogen) atoms. The van der Waals surface area contributed by atoms with E-state index < -0.39 is 0 Å². The second-order valence-electron chi connectivity index (χ2n) is 5.31. The topological polar surface area (TPSA) is 59.1 Å². The molecule has 0 aliphatic carbocycles. The number of fused-ring (bicyclic) bond motifs is 1. The molecule has 0 bridgehead atoms. The fourth-order valence-corrected chi connectivity index (χ4v) is 2.63. The van der Waals surface area contributed by atoms with Crippen LogP contribution in [0.2, 0.25) is 0 Å². The standard InChI is InChI=1S/C15H18N2O4/c1-11(18)15(19)17-6-4-16(5-7-17)9-12-2-3-13-14(8-12)21-10-20-13/h2-3,8H,4-7,9-10H2,1H3. The maximum absolute atomic E-state index is 11.6. The average molecular weight is 290 g/mol. The normalized spacial score (nSPS) is 17.9. The minimum atomic E-state index is -0.390. The van der Waals surface area contributed by atoms with E-state index >= 15 is 0 Å². The molecule has 6 nitrogen and oxygen atoms in total. The highest BCUT2D eigenvalue weighted by molar-refractivity contribution is 6.35.